The van der Waals surface area contributed by atoms with Gasteiger partial charge in [-0.3, -0.25) is 9.69 Å². The van der Waals surface area contributed by atoms with Gasteiger partial charge in [0, 0.05) is 24.3 Å². The Hall–Kier alpha value is -1.39. The van der Waals surface area contributed by atoms with E-state index in [9.17, 15) is 4.79 Å². The summed E-state index contributed by atoms with van der Waals surface area (Å²) >= 11 is 0. The van der Waals surface area contributed by atoms with Crippen molar-refractivity contribution in [3.8, 4) is 0 Å². The minimum absolute atomic E-state index is 0.0799. The fourth-order valence-electron chi connectivity index (χ4n) is 2.73. The number of likely N-dealkylation sites (tertiary alicyclic amines) is 1. The Balaban J connectivity index is 1.82. The molecule has 1 aliphatic heterocycles. The van der Waals surface area contributed by atoms with Gasteiger partial charge in [-0.1, -0.05) is 19.1 Å². The largest absolute Gasteiger partial charge is 0.325 e. The third-order valence-electron chi connectivity index (χ3n) is 4.55. The van der Waals surface area contributed by atoms with Gasteiger partial charge in [-0.2, -0.15) is 0 Å². The zero-order valence-electron chi connectivity index (χ0n) is 13.4. The van der Waals surface area contributed by atoms with Gasteiger partial charge in [0.25, 0.3) is 0 Å². The molecular weight excluding hydrogens is 262 g/mol. The number of piperidine rings is 1. The molecular formula is C17H27N3O. The second kappa shape index (κ2) is 7.05. The number of hydrogen-bond donors (Lipinski definition) is 2. The molecule has 21 heavy (non-hydrogen) atoms. The van der Waals surface area contributed by atoms with Crippen LogP contribution in [0.2, 0.25) is 0 Å². The van der Waals surface area contributed by atoms with E-state index in [1.807, 2.05) is 25.2 Å². The molecule has 0 spiro atoms. The van der Waals surface area contributed by atoms with E-state index in [2.05, 4.69) is 35.4 Å². The van der Waals surface area contributed by atoms with Crippen molar-refractivity contribution in [3.05, 3.63) is 29.8 Å². The number of benzene rings is 1. The van der Waals surface area contributed by atoms with Gasteiger partial charge in [0.1, 0.15) is 0 Å². The summed E-state index contributed by atoms with van der Waals surface area (Å²) in [6, 6.07) is 8.07. The molecule has 1 heterocycles. The zero-order valence-corrected chi connectivity index (χ0v) is 13.4. The van der Waals surface area contributed by atoms with Gasteiger partial charge in [0.2, 0.25) is 5.91 Å². The summed E-state index contributed by atoms with van der Waals surface area (Å²) in [6.45, 7) is 6.80. The molecule has 1 aliphatic rings. The molecule has 1 aromatic rings. The minimum Gasteiger partial charge on any atom is -0.325 e. The minimum atomic E-state index is 0.0799. The standard InChI is InChI=1S/C17H27N3O/c1-4-14-6-5-7-15(12-14)19-16(21)13-20-10-8-17(2,18-3)9-11-20/h5-7,12,18H,4,8-11,13H2,1-3H3,(H,19,21). The second-order valence-corrected chi connectivity index (χ2v) is 6.19. The van der Waals surface area contributed by atoms with Crippen molar-refractivity contribution in [1.82, 2.24) is 10.2 Å². The van der Waals surface area contributed by atoms with Crippen LogP contribution in [0.1, 0.15) is 32.3 Å². The Morgan fingerprint density at radius 2 is 2.05 bits per heavy atom. The van der Waals surface area contributed by atoms with Crippen molar-refractivity contribution >= 4 is 11.6 Å². The van der Waals surface area contributed by atoms with Crippen LogP contribution < -0.4 is 10.6 Å². The molecule has 0 bridgehead atoms. The highest BCUT2D eigenvalue weighted by Gasteiger charge is 2.28. The number of carbonyl (C=O) groups excluding carboxylic acids is 1. The van der Waals surface area contributed by atoms with E-state index < -0.39 is 0 Å². The molecule has 2 N–H and O–H groups in total. The molecule has 1 aromatic carbocycles. The smallest absolute Gasteiger partial charge is 0.238 e. The van der Waals surface area contributed by atoms with Gasteiger partial charge in [-0.25, -0.2) is 0 Å². The van der Waals surface area contributed by atoms with Crippen LogP contribution >= 0.6 is 0 Å². The molecule has 1 fully saturated rings. The maximum atomic E-state index is 12.1. The van der Waals surface area contributed by atoms with Crippen LogP contribution in [0.4, 0.5) is 5.69 Å². The number of nitrogens with one attached hydrogen (secondary N) is 2. The molecule has 0 aromatic heterocycles. The SMILES string of the molecule is CCc1cccc(NC(=O)CN2CCC(C)(NC)CC2)c1. The first-order valence-corrected chi connectivity index (χ1v) is 7.85. The Morgan fingerprint density at radius 3 is 2.67 bits per heavy atom. The number of nitrogens with zero attached hydrogens (tertiary/aromatic N) is 1. The maximum Gasteiger partial charge on any atom is 0.238 e. The van der Waals surface area contributed by atoms with Crippen LogP contribution in [-0.4, -0.2) is 43.0 Å². The van der Waals surface area contributed by atoms with Crippen LogP contribution in [-0.2, 0) is 11.2 Å². The molecule has 0 radical (unpaired) electrons. The topological polar surface area (TPSA) is 44.4 Å². The van der Waals surface area contributed by atoms with Crippen molar-refractivity contribution < 1.29 is 4.79 Å². The predicted molar refractivity (Wildman–Crippen MR) is 87.6 cm³/mol. The van der Waals surface area contributed by atoms with Gasteiger partial charge in [-0.05, 0) is 50.9 Å². The lowest BCUT2D eigenvalue weighted by molar-refractivity contribution is -0.117. The van der Waals surface area contributed by atoms with Crippen LogP contribution in [0.3, 0.4) is 0 Å². The van der Waals surface area contributed by atoms with E-state index in [-0.39, 0.29) is 11.4 Å². The van der Waals surface area contributed by atoms with Gasteiger partial charge in [0.05, 0.1) is 6.54 Å². The van der Waals surface area contributed by atoms with E-state index >= 15 is 0 Å². The summed E-state index contributed by atoms with van der Waals surface area (Å²) < 4.78 is 0. The predicted octanol–water partition coefficient (Wildman–Crippen LogP) is 2.26. The summed E-state index contributed by atoms with van der Waals surface area (Å²) in [6.07, 6.45) is 3.16. The van der Waals surface area contributed by atoms with Crippen molar-refractivity contribution in [1.29, 1.82) is 0 Å². The zero-order chi connectivity index (χ0) is 15.3. The number of anilines is 1. The first-order chi connectivity index (χ1) is 10.0. The Kier molecular flexibility index (Phi) is 5.37. The third-order valence-corrected chi connectivity index (χ3v) is 4.55. The average molecular weight is 289 g/mol. The summed E-state index contributed by atoms with van der Waals surface area (Å²) in [4.78, 5) is 14.4. The van der Waals surface area contributed by atoms with Crippen LogP contribution in [0.15, 0.2) is 24.3 Å². The number of rotatable bonds is 5. The third kappa shape index (κ3) is 4.55. The van der Waals surface area contributed by atoms with Gasteiger partial charge < -0.3 is 10.6 Å². The Morgan fingerprint density at radius 1 is 1.33 bits per heavy atom. The van der Waals surface area contributed by atoms with E-state index in [4.69, 9.17) is 0 Å². The highest BCUT2D eigenvalue weighted by atomic mass is 16.2. The molecule has 116 valence electrons. The molecule has 1 saturated heterocycles. The fourth-order valence-corrected chi connectivity index (χ4v) is 2.73. The van der Waals surface area contributed by atoms with Crippen molar-refractivity contribution in [2.75, 3.05) is 32.0 Å². The Bertz CT molecular complexity index is 479. The highest BCUT2D eigenvalue weighted by molar-refractivity contribution is 5.92. The lowest BCUT2D eigenvalue weighted by atomic mass is 9.90. The molecule has 4 nitrogen and oxygen atoms in total. The molecule has 0 saturated carbocycles. The highest BCUT2D eigenvalue weighted by Crippen LogP contribution is 2.21. The number of aryl methyl sites for hydroxylation is 1. The van der Waals surface area contributed by atoms with Crippen molar-refractivity contribution in [3.63, 3.8) is 0 Å². The van der Waals surface area contributed by atoms with E-state index in [0.29, 0.717) is 6.54 Å². The first-order valence-electron chi connectivity index (χ1n) is 7.85. The summed E-state index contributed by atoms with van der Waals surface area (Å²) in [7, 11) is 2.02. The summed E-state index contributed by atoms with van der Waals surface area (Å²) in [5, 5.41) is 6.38. The van der Waals surface area contributed by atoms with Crippen LogP contribution in [0.5, 0.6) is 0 Å². The normalized spacial score (nSPS) is 18.4. The molecule has 1 amide bonds. The van der Waals surface area contributed by atoms with E-state index in [0.717, 1.165) is 38.0 Å². The van der Waals surface area contributed by atoms with Crippen molar-refractivity contribution in [2.24, 2.45) is 0 Å². The van der Waals surface area contributed by atoms with Crippen LogP contribution in [0.25, 0.3) is 0 Å². The first kappa shape index (κ1) is 16.0. The summed E-state index contributed by atoms with van der Waals surface area (Å²) in [5.74, 6) is 0.0799. The average Bonchev–Trinajstić information content (AvgIpc) is 2.50. The van der Waals surface area contributed by atoms with Crippen LogP contribution in [0, 0.1) is 0 Å². The monoisotopic (exact) mass is 289 g/mol. The lowest BCUT2D eigenvalue weighted by Gasteiger charge is -2.39. The lowest BCUT2D eigenvalue weighted by Crippen LogP contribution is -2.51. The maximum absolute atomic E-state index is 12.1. The van der Waals surface area contributed by atoms with Gasteiger partial charge in [0.15, 0.2) is 0 Å². The number of amides is 1. The number of hydrogen-bond acceptors (Lipinski definition) is 3. The fraction of sp³-hybridized carbons (Fsp3) is 0.588. The van der Waals surface area contributed by atoms with E-state index in [1.165, 1.54) is 5.56 Å². The van der Waals surface area contributed by atoms with Gasteiger partial charge >= 0.3 is 0 Å². The molecule has 0 unspecified atom stereocenters. The second-order valence-electron chi connectivity index (χ2n) is 6.19. The van der Waals surface area contributed by atoms with Crippen molar-refractivity contribution in [2.45, 2.75) is 38.6 Å². The number of carbonyl (C=O) groups is 1. The molecule has 0 atom stereocenters. The van der Waals surface area contributed by atoms with Gasteiger partial charge in [-0.15, -0.1) is 0 Å². The van der Waals surface area contributed by atoms with E-state index in [1.54, 1.807) is 0 Å². The Labute approximate surface area is 127 Å². The molecule has 0 aliphatic carbocycles. The molecule has 4 heteroatoms. The summed E-state index contributed by atoms with van der Waals surface area (Å²) in [5.41, 5.74) is 2.37. The molecule has 2 rings (SSSR count). The quantitative estimate of drug-likeness (QED) is 0.874.